The number of benzene rings is 1. The molecule has 0 saturated carbocycles. The molecule has 6 heteroatoms. The number of rotatable bonds is 9. The van der Waals surface area contributed by atoms with Crippen molar-refractivity contribution in [2.24, 2.45) is 4.99 Å². The maximum atomic E-state index is 5.98. The molecule has 0 aliphatic carbocycles. The van der Waals surface area contributed by atoms with Crippen molar-refractivity contribution in [3.05, 3.63) is 34.9 Å². The molecule has 130 valence electrons. The van der Waals surface area contributed by atoms with Gasteiger partial charge in [0, 0.05) is 31.8 Å². The van der Waals surface area contributed by atoms with Gasteiger partial charge in [-0.15, -0.1) is 0 Å². The molecule has 1 unspecified atom stereocenters. The molecule has 0 aromatic heterocycles. The zero-order chi connectivity index (χ0) is 17.1. The van der Waals surface area contributed by atoms with Crippen LogP contribution in [0.1, 0.15) is 24.9 Å². The Kier molecular flexibility index (Phi) is 9.67. The predicted octanol–water partition coefficient (Wildman–Crippen LogP) is 2.53. The van der Waals surface area contributed by atoms with Gasteiger partial charge in [-0.05, 0) is 45.1 Å². The molecule has 1 aromatic rings. The lowest BCUT2D eigenvalue weighted by atomic mass is 10.1. The maximum absolute atomic E-state index is 5.98. The van der Waals surface area contributed by atoms with Gasteiger partial charge in [0.2, 0.25) is 0 Å². The maximum Gasteiger partial charge on any atom is 0.191 e. The van der Waals surface area contributed by atoms with Crippen LogP contribution in [0.5, 0.6) is 0 Å². The predicted molar refractivity (Wildman–Crippen MR) is 98.4 cm³/mol. The summed E-state index contributed by atoms with van der Waals surface area (Å²) in [4.78, 5) is 6.88. The molecule has 0 aliphatic heterocycles. The third-order valence-electron chi connectivity index (χ3n) is 3.46. The van der Waals surface area contributed by atoms with E-state index in [4.69, 9.17) is 21.3 Å². The van der Waals surface area contributed by atoms with Crippen molar-refractivity contribution in [3.63, 3.8) is 0 Å². The summed E-state index contributed by atoms with van der Waals surface area (Å²) >= 11 is 5.98. The van der Waals surface area contributed by atoms with Crippen LogP contribution in [0.4, 0.5) is 0 Å². The molecule has 0 saturated heterocycles. The zero-order valence-electron chi connectivity index (χ0n) is 14.6. The van der Waals surface area contributed by atoms with E-state index in [1.165, 1.54) is 5.56 Å². The first-order valence-electron chi connectivity index (χ1n) is 8.01. The van der Waals surface area contributed by atoms with E-state index in [0.29, 0.717) is 6.54 Å². The Labute approximate surface area is 145 Å². The van der Waals surface area contributed by atoms with Gasteiger partial charge in [-0.25, -0.2) is 0 Å². The average molecular weight is 341 g/mol. The summed E-state index contributed by atoms with van der Waals surface area (Å²) in [5.74, 6) is 0.837. The van der Waals surface area contributed by atoms with Crippen LogP contribution in [0.3, 0.4) is 0 Å². The highest BCUT2D eigenvalue weighted by molar-refractivity contribution is 6.30. The standard InChI is InChI=1S/C17H29ClN4O/c1-5-19-17(20-11-6-12-23-4)21-13-16(22(2)3)14-7-9-15(18)10-8-14/h7-10,16H,5-6,11-13H2,1-4H3,(H2,19,20,21). The summed E-state index contributed by atoms with van der Waals surface area (Å²) in [6.45, 7) is 5.16. The van der Waals surface area contributed by atoms with E-state index in [1.807, 2.05) is 12.1 Å². The van der Waals surface area contributed by atoms with Gasteiger partial charge in [-0.1, -0.05) is 23.7 Å². The molecule has 0 amide bonds. The number of methoxy groups -OCH3 is 1. The zero-order valence-corrected chi connectivity index (χ0v) is 15.4. The van der Waals surface area contributed by atoms with E-state index in [2.05, 4.69) is 48.7 Å². The highest BCUT2D eigenvalue weighted by atomic mass is 35.5. The van der Waals surface area contributed by atoms with Crippen LogP contribution in [0.25, 0.3) is 0 Å². The van der Waals surface area contributed by atoms with Gasteiger partial charge >= 0.3 is 0 Å². The molecule has 0 radical (unpaired) electrons. The fourth-order valence-electron chi connectivity index (χ4n) is 2.19. The van der Waals surface area contributed by atoms with E-state index in [-0.39, 0.29) is 6.04 Å². The first kappa shape index (κ1) is 19.7. The molecule has 2 N–H and O–H groups in total. The molecule has 0 spiro atoms. The van der Waals surface area contributed by atoms with E-state index < -0.39 is 0 Å². The molecule has 23 heavy (non-hydrogen) atoms. The van der Waals surface area contributed by atoms with Crippen LogP contribution in [-0.4, -0.2) is 58.3 Å². The van der Waals surface area contributed by atoms with Crippen molar-refractivity contribution in [1.82, 2.24) is 15.5 Å². The Morgan fingerprint density at radius 1 is 1.26 bits per heavy atom. The molecule has 1 atom stereocenters. The van der Waals surface area contributed by atoms with Gasteiger partial charge in [-0.2, -0.15) is 0 Å². The molecular weight excluding hydrogens is 312 g/mol. The van der Waals surface area contributed by atoms with Gasteiger partial charge in [-0.3, -0.25) is 4.99 Å². The fourth-order valence-corrected chi connectivity index (χ4v) is 2.32. The Hall–Kier alpha value is -1.30. The Balaban J connectivity index is 2.69. The second-order valence-electron chi connectivity index (χ2n) is 5.52. The van der Waals surface area contributed by atoms with Crippen LogP contribution in [0.15, 0.2) is 29.3 Å². The molecule has 1 rings (SSSR count). The third-order valence-corrected chi connectivity index (χ3v) is 3.71. The number of aliphatic imine (C=N–C) groups is 1. The molecule has 5 nitrogen and oxygen atoms in total. The number of hydrogen-bond donors (Lipinski definition) is 2. The minimum absolute atomic E-state index is 0.210. The number of likely N-dealkylation sites (N-methyl/N-ethyl adjacent to an activating group) is 1. The second kappa shape index (κ2) is 11.3. The average Bonchev–Trinajstić information content (AvgIpc) is 2.53. The monoisotopic (exact) mass is 340 g/mol. The highest BCUT2D eigenvalue weighted by Gasteiger charge is 2.13. The molecule has 0 heterocycles. The molecule has 0 bridgehead atoms. The minimum Gasteiger partial charge on any atom is -0.385 e. The van der Waals surface area contributed by atoms with Crippen molar-refractivity contribution in [2.45, 2.75) is 19.4 Å². The van der Waals surface area contributed by atoms with Crippen molar-refractivity contribution in [3.8, 4) is 0 Å². The smallest absolute Gasteiger partial charge is 0.191 e. The summed E-state index contributed by atoms with van der Waals surface area (Å²) in [5.41, 5.74) is 1.21. The Morgan fingerprint density at radius 2 is 1.96 bits per heavy atom. The summed E-state index contributed by atoms with van der Waals surface area (Å²) < 4.78 is 5.06. The Bertz CT molecular complexity index is 462. The molecular formula is C17H29ClN4O. The number of halogens is 1. The van der Waals surface area contributed by atoms with Crippen LogP contribution in [-0.2, 0) is 4.74 Å². The van der Waals surface area contributed by atoms with Gasteiger partial charge in [0.25, 0.3) is 0 Å². The summed E-state index contributed by atoms with van der Waals surface area (Å²) in [5, 5.41) is 7.36. The lowest BCUT2D eigenvalue weighted by molar-refractivity contribution is 0.195. The van der Waals surface area contributed by atoms with Crippen LogP contribution < -0.4 is 10.6 Å². The van der Waals surface area contributed by atoms with Gasteiger partial charge in [0.15, 0.2) is 5.96 Å². The van der Waals surface area contributed by atoms with Crippen LogP contribution in [0.2, 0.25) is 5.02 Å². The van der Waals surface area contributed by atoms with Crippen molar-refractivity contribution in [1.29, 1.82) is 0 Å². The fraction of sp³-hybridized carbons (Fsp3) is 0.588. The van der Waals surface area contributed by atoms with Gasteiger partial charge < -0.3 is 20.3 Å². The third kappa shape index (κ3) is 7.68. The lowest BCUT2D eigenvalue weighted by Crippen LogP contribution is -2.38. The molecule has 0 aliphatic rings. The first-order chi connectivity index (χ1) is 11.1. The molecule has 1 aromatic carbocycles. The van der Waals surface area contributed by atoms with E-state index in [0.717, 1.165) is 37.1 Å². The number of nitrogens with zero attached hydrogens (tertiary/aromatic N) is 2. The summed E-state index contributed by atoms with van der Waals surface area (Å²) in [7, 11) is 5.84. The van der Waals surface area contributed by atoms with E-state index >= 15 is 0 Å². The summed E-state index contributed by atoms with van der Waals surface area (Å²) in [6.07, 6.45) is 0.954. The quantitative estimate of drug-likeness (QED) is 0.412. The normalized spacial score (nSPS) is 13.2. The van der Waals surface area contributed by atoms with Crippen molar-refractivity contribution < 1.29 is 4.74 Å². The van der Waals surface area contributed by atoms with E-state index in [1.54, 1.807) is 7.11 Å². The summed E-state index contributed by atoms with van der Waals surface area (Å²) in [6, 6.07) is 8.17. The number of ether oxygens (including phenoxy) is 1. The Morgan fingerprint density at radius 3 is 2.52 bits per heavy atom. The van der Waals surface area contributed by atoms with Gasteiger partial charge in [0.1, 0.15) is 0 Å². The lowest BCUT2D eigenvalue weighted by Gasteiger charge is -2.24. The van der Waals surface area contributed by atoms with Crippen molar-refractivity contribution in [2.75, 3.05) is 47.4 Å². The SMILES string of the molecule is CCNC(=NCC(c1ccc(Cl)cc1)N(C)C)NCCCOC. The van der Waals surface area contributed by atoms with Crippen LogP contribution >= 0.6 is 11.6 Å². The topological polar surface area (TPSA) is 48.9 Å². The number of guanidine groups is 1. The number of nitrogens with one attached hydrogen (secondary N) is 2. The first-order valence-corrected chi connectivity index (χ1v) is 8.39. The second-order valence-corrected chi connectivity index (χ2v) is 5.96. The number of hydrogen-bond acceptors (Lipinski definition) is 3. The largest absolute Gasteiger partial charge is 0.385 e. The van der Waals surface area contributed by atoms with Gasteiger partial charge in [0.05, 0.1) is 12.6 Å². The van der Waals surface area contributed by atoms with Crippen molar-refractivity contribution >= 4 is 17.6 Å². The minimum atomic E-state index is 0.210. The van der Waals surface area contributed by atoms with E-state index in [9.17, 15) is 0 Å². The van der Waals surface area contributed by atoms with Crippen LogP contribution in [0, 0.1) is 0 Å². The highest BCUT2D eigenvalue weighted by Crippen LogP contribution is 2.20. The molecule has 0 fully saturated rings.